The molecule has 1 heteroatoms. The van der Waals surface area contributed by atoms with Gasteiger partial charge in [0.15, 0.2) is 0 Å². The lowest BCUT2D eigenvalue weighted by molar-refractivity contribution is 0.0974. The second-order valence-electron chi connectivity index (χ2n) is 5.11. The van der Waals surface area contributed by atoms with E-state index in [1.165, 1.54) is 51.4 Å². The molecular formula is C13H23N. The molecule has 0 spiro atoms. The maximum atomic E-state index is 6.04. The summed E-state index contributed by atoms with van der Waals surface area (Å²) < 4.78 is 0. The molecule has 0 radical (unpaired) electrons. The van der Waals surface area contributed by atoms with Crippen LogP contribution in [-0.2, 0) is 0 Å². The van der Waals surface area contributed by atoms with Crippen LogP contribution in [0.3, 0.4) is 0 Å². The summed E-state index contributed by atoms with van der Waals surface area (Å²) in [4.78, 5) is 0. The number of rotatable bonds is 2. The molecule has 2 rings (SSSR count). The van der Waals surface area contributed by atoms with Gasteiger partial charge in [0.25, 0.3) is 0 Å². The molecule has 0 heterocycles. The van der Waals surface area contributed by atoms with E-state index in [0.29, 0.717) is 5.41 Å². The average Bonchev–Trinajstić information content (AvgIpc) is 2.31. The average molecular weight is 193 g/mol. The van der Waals surface area contributed by atoms with Crippen LogP contribution in [0.4, 0.5) is 0 Å². The number of hydrogen-bond donors (Lipinski definition) is 1. The van der Waals surface area contributed by atoms with Crippen LogP contribution in [0.2, 0.25) is 0 Å². The molecule has 0 aromatic rings. The Balaban J connectivity index is 2.05. The third kappa shape index (κ3) is 1.88. The van der Waals surface area contributed by atoms with E-state index < -0.39 is 0 Å². The zero-order valence-electron chi connectivity index (χ0n) is 9.17. The van der Waals surface area contributed by atoms with Crippen LogP contribution in [-0.4, -0.2) is 6.54 Å². The highest BCUT2D eigenvalue weighted by molar-refractivity contribution is 4.98. The predicted octanol–water partition coefficient (Wildman–Crippen LogP) is 3.25. The van der Waals surface area contributed by atoms with Gasteiger partial charge < -0.3 is 5.73 Å². The first-order valence-corrected chi connectivity index (χ1v) is 6.22. The number of allylic oxidation sites excluding steroid dienone is 2. The molecule has 1 unspecified atom stereocenters. The zero-order valence-corrected chi connectivity index (χ0v) is 9.17. The van der Waals surface area contributed by atoms with E-state index in [-0.39, 0.29) is 0 Å². The van der Waals surface area contributed by atoms with Gasteiger partial charge in [-0.1, -0.05) is 31.4 Å². The van der Waals surface area contributed by atoms with Gasteiger partial charge in [0.1, 0.15) is 0 Å². The van der Waals surface area contributed by atoms with Crippen molar-refractivity contribution >= 4 is 0 Å². The summed E-state index contributed by atoms with van der Waals surface area (Å²) in [5.74, 6) is 0.887. The van der Waals surface area contributed by atoms with Crippen LogP contribution in [0.15, 0.2) is 12.2 Å². The van der Waals surface area contributed by atoms with Crippen molar-refractivity contribution in [2.24, 2.45) is 17.1 Å². The van der Waals surface area contributed by atoms with Gasteiger partial charge >= 0.3 is 0 Å². The largest absolute Gasteiger partial charge is 0.330 e. The highest BCUT2D eigenvalue weighted by atomic mass is 14.6. The zero-order chi connectivity index (χ0) is 9.86. The predicted molar refractivity (Wildman–Crippen MR) is 61.1 cm³/mol. The van der Waals surface area contributed by atoms with Crippen LogP contribution >= 0.6 is 0 Å². The Hall–Kier alpha value is -0.300. The second-order valence-corrected chi connectivity index (χ2v) is 5.11. The third-order valence-corrected chi connectivity index (χ3v) is 4.39. The Morgan fingerprint density at radius 3 is 2.50 bits per heavy atom. The molecule has 0 bridgehead atoms. The van der Waals surface area contributed by atoms with Crippen molar-refractivity contribution in [1.82, 2.24) is 0 Å². The molecule has 0 saturated heterocycles. The summed E-state index contributed by atoms with van der Waals surface area (Å²) in [7, 11) is 0. The van der Waals surface area contributed by atoms with Crippen LogP contribution in [0, 0.1) is 11.3 Å². The first kappa shape index (κ1) is 10.2. The Kier molecular flexibility index (Phi) is 3.27. The van der Waals surface area contributed by atoms with Crippen molar-refractivity contribution in [2.75, 3.05) is 6.54 Å². The van der Waals surface area contributed by atoms with Crippen LogP contribution in [0.5, 0.6) is 0 Å². The summed E-state index contributed by atoms with van der Waals surface area (Å²) >= 11 is 0. The molecule has 14 heavy (non-hydrogen) atoms. The molecular weight excluding hydrogens is 170 g/mol. The second kappa shape index (κ2) is 4.48. The Morgan fingerprint density at radius 2 is 1.93 bits per heavy atom. The molecule has 0 aliphatic heterocycles. The van der Waals surface area contributed by atoms with Crippen molar-refractivity contribution < 1.29 is 0 Å². The standard InChI is InChI=1S/C13H23N/c14-11-13(9-5-2-6-10-13)12-7-3-1-4-8-12/h1,3,12H,2,4-11,14H2. The summed E-state index contributed by atoms with van der Waals surface area (Å²) in [5.41, 5.74) is 6.56. The third-order valence-electron chi connectivity index (χ3n) is 4.39. The lowest BCUT2D eigenvalue weighted by Gasteiger charge is -2.43. The molecule has 1 saturated carbocycles. The number of nitrogens with two attached hydrogens (primary N) is 1. The highest BCUT2D eigenvalue weighted by Crippen LogP contribution is 2.46. The van der Waals surface area contributed by atoms with E-state index in [4.69, 9.17) is 5.73 Å². The van der Waals surface area contributed by atoms with Crippen molar-refractivity contribution in [1.29, 1.82) is 0 Å². The minimum atomic E-state index is 0.517. The Morgan fingerprint density at radius 1 is 1.14 bits per heavy atom. The van der Waals surface area contributed by atoms with Crippen molar-refractivity contribution in [3.8, 4) is 0 Å². The van der Waals surface area contributed by atoms with Gasteiger partial charge in [-0.15, -0.1) is 0 Å². The summed E-state index contributed by atoms with van der Waals surface area (Å²) in [5, 5.41) is 0. The van der Waals surface area contributed by atoms with Crippen LogP contribution in [0.25, 0.3) is 0 Å². The van der Waals surface area contributed by atoms with Gasteiger partial charge in [0.2, 0.25) is 0 Å². The summed E-state index contributed by atoms with van der Waals surface area (Å²) in [6.45, 7) is 0.922. The van der Waals surface area contributed by atoms with E-state index in [2.05, 4.69) is 12.2 Å². The van der Waals surface area contributed by atoms with Crippen LogP contribution in [0.1, 0.15) is 51.4 Å². The molecule has 2 N–H and O–H groups in total. The normalized spacial score (nSPS) is 31.6. The molecule has 1 atom stereocenters. The van der Waals surface area contributed by atoms with Crippen LogP contribution < -0.4 is 5.73 Å². The molecule has 0 aromatic heterocycles. The quantitative estimate of drug-likeness (QED) is 0.669. The number of hydrogen-bond acceptors (Lipinski definition) is 1. The summed E-state index contributed by atoms with van der Waals surface area (Å²) in [6, 6.07) is 0. The van der Waals surface area contributed by atoms with E-state index >= 15 is 0 Å². The molecule has 2 aliphatic rings. The van der Waals surface area contributed by atoms with Crippen molar-refractivity contribution in [2.45, 2.75) is 51.4 Å². The maximum Gasteiger partial charge on any atom is -0.00178 e. The van der Waals surface area contributed by atoms with Gasteiger partial charge in [0.05, 0.1) is 0 Å². The monoisotopic (exact) mass is 193 g/mol. The molecule has 80 valence electrons. The summed E-state index contributed by atoms with van der Waals surface area (Å²) in [6.07, 6.45) is 15.7. The van der Waals surface area contributed by atoms with Gasteiger partial charge in [-0.25, -0.2) is 0 Å². The first-order chi connectivity index (χ1) is 6.87. The van der Waals surface area contributed by atoms with Gasteiger partial charge in [-0.2, -0.15) is 0 Å². The minimum absolute atomic E-state index is 0.517. The molecule has 0 aromatic carbocycles. The van der Waals surface area contributed by atoms with E-state index in [9.17, 15) is 0 Å². The molecule has 1 fully saturated rings. The maximum absolute atomic E-state index is 6.04. The molecule has 1 nitrogen and oxygen atoms in total. The fourth-order valence-corrected chi connectivity index (χ4v) is 3.38. The fourth-order valence-electron chi connectivity index (χ4n) is 3.38. The Labute approximate surface area is 87.8 Å². The van der Waals surface area contributed by atoms with E-state index in [1.807, 2.05) is 0 Å². The molecule has 2 aliphatic carbocycles. The Bertz CT molecular complexity index is 201. The SMILES string of the molecule is NCC1(C2CC=CCC2)CCCCC1. The highest BCUT2D eigenvalue weighted by Gasteiger charge is 2.37. The van der Waals surface area contributed by atoms with Gasteiger partial charge in [-0.05, 0) is 50.0 Å². The van der Waals surface area contributed by atoms with E-state index in [1.54, 1.807) is 0 Å². The van der Waals surface area contributed by atoms with Gasteiger partial charge in [-0.3, -0.25) is 0 Å². The first-order valence-electron chi connectivity index (χ1n) is 6.22. The smallest absolute Gasteiger partial charge is 0.00178 e. The molecule has 0 amide bonds. The van der Waals surface area contributed by atoms with E-state index in [0.717, 1.165) is 12.5 Å². The van der Waals surface area contributed by atoms with Gasteiger partial charge in [0, 0.05) is 0 Å². The van der Waals surface area contributed by atoms with Crippen molar-refractivity contribution in [3.63, 3.8) is 0 Å². The van der Waals surface area contributed by atoms with Crippen molar-refractivity contribution in [3.05, 3.63) is 12.2 Å². The fraction of sp³-hybridized carbons (Fsp3) is 0.846. The minimum Gasteiger partial charge on any atom is -0.330 e. The topological polar surface area (TPSA) is 26.0 Å². The lowest BCUT2D eigenvalue weighted by atomic mass is 9.63. The lowest BCUT2D eigenvalue weighted by Crippen LogP contribution is -2.40.